The Hall–Kier alpha value is -3.20. The molecule has 1 aromatic carbocycles. The molecule has 0 saturated carbocycles. The van der Waals surface area contributed by atoms with E-state index in [4.69, 9.17) is 11.6 Å². The van der Waals surface area contributed by atoms with Crippen LogP contribution in [-0.2, 0) is 20.6 Å². The molecule has 0 aliphatic carbocycles. The average molecular weight is 402 g/mol. The Bertz CT molecular complexity index is 1230. The van der Waals surface area contributed by atoms with Crippen molar-refractivity contribution in [1.82, 2.24) is 23.6 Å². The minimum absolute atomic E-state index is 0.0654. The van der Waals surface area contributed by atoms with E-state index < -0.39 is 11.2 Å². The lowest BCUT2D eigenvalue weighted by Crippen LogP contribution is -2.37. The maximum Gasteiger partial charge on any atom is 0.332 e. The predicted molar refractivity (Wildman–Crippen MR) is 102 cm³/mol. The Labute approximate surface area is 163 Å². The lowest BCUT2D eigenvalue weighted by molar-refractivity contribution is 0.0651. The van der Waals surface area contributed by atoms with Gasteiger partial charge in [0.1, 0.15) is 0 Å². The number of hydrogen-bond donors (Lipinski definition) is 0. The van der Waals surface area contributed by atoms with Crippen molar-refractivity contribution in [3.8, 4) is 0 Å². The van der Waals surface area contributed by atoms with E-state index in [2.05, 4.69) is 4.98 Å². The lowest BCUT2D eigenvalue weighted by atomic mass is 10.1. The van der Waals surface area contributed by atoms with Crippen molar-refractivity contribution in [1.29, 1.82) is 0 Å². The molecule has 0 spiro atoms. The van der Waals surface area contributed by atoms with Gasteiger partial charge >= 0.3 is 5.69 Å². The number of benzene rings is 1. The second-order valence-corrected chi connectivity index (χ2v) is 6.91. The second kappa shape index (κ2) is 6.45. The summed E-state index contributed by atoms with van der Waals surface area (Å²) in [5.41, 5.74) is 0.184. The third kappa shape index (κ3) is 2.50. The fourth-order valence-electron chi connectivity index (χ4n) is 3.45. The smallest absolute Gasteiger partial charge is 0.309 e. The summed E-state index contributed by atoms with van der Waals surface area (Å²) in [6, 6.07) is 6.68. The number of rotatable bonds is 4. The Kier molecular flexibility index (Phi) is 4.19. The van der Waals surface area contributed by atoms with Crippen molar-refractivity contribution < 1.29 is 9.59 Å². The fourth-order valence-corrected chi connectivity index (χ4v) is 3.70. The van der Waals surface area contributed by atoms with E-state index in [0.29, 0.717) is 17.5 Å². The van der Waals surface area contributed by atoms with Gasteiger partial charge in [0.25, 0.3) is 17.4 Å². The quantitative estimate of drug-likeness (QED) is 0.475. The molecule has 4 rings (SSSR count). The normalized spacial score (nSPS) is 13.6. The van der Waals surface area contributed by atoms with Gasteiger partial charge < -0.3 is 4.57 Å². The number of imidazole rings is 1. The summed E-state index contributed by atoms with van der Waals surface area (Å²) in [5.74, 6) is -0.666. The summed E-state index contributed by atoms with van der Waals surface area (Å²) in [5, 5.41) is 0.0654. The Morgan fingerprint density at radius 3 is 2.14 bits per heavy atom. The first-order valence-corrected chi connectivity index (χ1v) is 8.97. The van der Waals surface area contributed by atoms with Gasteiger partial charge in [-0.3, -0.25) is 28.4 Å². The molecular formula is C18H16ClN5O4. The topological polar surface area (TPSA) is 99.2 Å². The standard InChI is InChI=1S/C18H16ClN5O4/c1-21-13-12(16(27)22(2)18(21)28)23(17(19)20-13)8-5-9-24-14(25)10-6-3-4-7-11(10)15(24)26/h3-4,6-7H,5,8-9H2,1-2H3. The Morgan fingerprint density at radius 2 is 1.54 bits per heavy atom. The first-order chi connectivity index (χ1) is 13.3. The van der Waals surface area contributed by atoms with Crippen molar-refractivity contribution in [2.75, 3.05) is 6.54 Å². The van der Waals surface area contributed by atoms with E-state index >= 15 is 0 Å². The summed E-state index contributed by atoms with van der Waals surface area (Å²) in [4.78, 5) is 54.7. The van der Waals surface area contributed by atoms with Gasteiger partial charge in [-0.05, 0) is 30.2 Å². The van der Waals surface area contributed by atoms with E-state index in [1.165, 1.54) is 28.1 Å². The number of hydrogen-bond acceptors (Lipinski definition) is 5. The maximum absolute atomic E-state index is 12.5. The highest BCUT2D eigenvalue weighted by Crippen LogP contribution is 2.23. The number of aryl methyl sites for hydroxylation is 2. The lowest BCUT2D eigenvalue weighted by Gasteiger charge is -2.14. The zero-order chi connectivity index (χ0) is 20.2. The van der Waals surface area contributed by atoms with E-state index in [1.54, 1.807) is 24.3 Å². The number of nitrogens with zero attached hydrogens (tertiary/aromatic N) is 5. The first kappa shape index (κ1) is 18.2. The number of amides is 2. The third-order valence-electron chi connectivity index (χ3n) is 4.94. The second-order valence-electron chi connectivity index (χ2n) is 6.57. The van der Waals surface area contributed by atoms with Gasteiger partial charge in [-0.1, -0.05) is 12.1 Å². The molecule has 9 nitrogen and oxygen atoms in total. The number of fused-ring (bicyclic) bond motifs is 2. The van der Waals surface area contributed by atoms with Gasteiger partial charge in [-0.2, -0.15) is 4.98 Å². The van der Waals surface area contributed by atoms with Gasteiger partial charge in [0, 0.05) is 27.2 Å². The summed E-state index contributed by atoms with van der Waals surface area (Å²) >= 11 is 6.18. The van der Waals surface area contributed by atoms with Crippen molar-refractivity contribution in [3.05, 3.63) is 61.5 Å². The van der Waals surface area contributed by atoms with Gasteiger partial charge in [0.05, 0.1) is 11.1 Å². The van der Waals surface area contributed by atoms with Crippen molar-refractivity contribution in [3.63, 3.8) is 0 Å². The maximum atomic E-state index is 12.5. The molecular weight excluding hydrogens is 386 g/mol. The minimum atomic E-state index is -0.502. The van der Waals surface area contributed by atoms with Crippen LogP contribution in [0.1, 0.15) is 27.1 Å². The zero-order valence-corrected chi connectivity index (χ0v) is 15.9. The van der Waals surface area contributed by atoms with E-state index in [0.717, 1.165) is 4.57 Å². The fraction of sp³-hybridized carbons (Fsp3) is 0.278. The number of halogens is 1. The van der Waals surface area contributed by atoms with Crippen LogP contribution in [0.15, 0.2) is 33.9 Å². The van der Waals surface area contributed by atoms with Crippen LogP contribution in [0.4, 0.5) is 0 Å². The van der Waals surface area contributed by atoms with Crippen molar-refractivity contribution >= 4 is 34.6 Å². The zero-order valence-electron chi connectivity index (χ0n) is 15.2. The van der Waals surface area contributed by atoms with Crippen LogP contribution in [-0.4, -0.2) is 41.9 Å². The van der Waals surface area contributed by atoms with Crippen LogP contribution in [0.25, 0.3) is 11.2 Å². The molecule has 1 aliphatic rings. The van der Waals surface area contributed by atoms with Gasteiger partial charge in [-0.25, -0.2) is 4.79 Å². The molecule has 0 bridgehead atoms. The monoisotopic (exact) mass is 401 g/mol. The van der Waals surface area contributed by atoms with Crippen LogP contribution < -0.4 is 11.2 Å². The summed E-state index contributed by atoms with van der Waals surface area (Å²) < 4.78 is 3.74. The van der Waals surface area contributed by atoms with Crippen LogP contribution >= 0.6 is 11.6 Å². The van der Waals surface area contributed by atoms with Crippen LogP contribution in [0.3, 0.4) is 0 Å². The minimum Gasteiger partial charge on any atom is -0.309 e. The van der Waals surface area contributed by atoms with Gasteiger partial charge in [-0.15, -0.1) is 0 Å². The average Bonchev–Trinajstić information content (AvgIpc) is 3.14. The van der Waals surface area contributed by atoms with Crippen LogP contribution in [0.2, 0.25) is 5.28 Å². The molecule has 10 heteroatoms. The summed E-state index contributed by atoms with van der Waals surface area (Å²) in [7, 11) is 2.89. The van der Waals surface area contributed by atoms with Crippen molar-refractivity contribution in [2.45, 2.75) is 13.0 Å². The highest BCUT2D eigenvalue weighted by Gasteiger charge is 2.34. The Balaban J connectivity index is 1.60. The molecule has 2 aromatic heterocycles. The third-order valence-corrected chi connectivity index (χ3v) is 5.23. The molecule has 0 fully saturated rings. The van der Waals surface area contributed by atoms with Gasteiger partial charge in [0.2, 0.25) is 5.28 Å². The molecule has 0 atom stereocenters. The highest BCUT2D eigenvalue weighted by molar-refractivity contribution is 6.29. The first-order valence-electron chi connectivity index (χ1n) is 8.60. The van der Waals surface area contributed by atoms with E-state index in [9.17, 15) is 19.2 Å². The molecule has 28 heavy (non-hydrogen) atoms. The largest absolute Gasteiger partial charge is 0.332 e. The van der Waals surface area contributed by atoms with Crippen LogP contribution in [0.5, 0.6) is 0 Å². The molecule has 3 heterocycles. The summed E-state index contributed by atoms with van der Waals surface area (Å²) in [6.07, 6.45) is 0.378. The molecule has 1 aliphatic heterocycles. The molecule has 3 aromatic rings. The summed E-state index contributed by atoms with van der Waals surface area (Å²) in [6.45, 7) is 0.435. The number of imide groups is 1. The van der Waals surface area contributed by atoms with E-state index in [1.807, 2.05) is 0 Å². The number of carbonyl (C=O) groups is 2. The molecule has 144 valence electrons. The molecule has 0 N–H and O–H groups in total. The van der Waals surface area contributed by atoms with Gasteiger partial charge in [0.15, 0.2) is 11.2 Å². The van der Waals surface area contributed by atoms with Crippen LogP contribution in [0, 0.1) is 0 Å². The molecule has 0 saturated heterocycles. The van der Waals surface area contributed by atoms with E-state index in [-0.39, 0.29) is 41.4 Å². The SMILES string of the molecule is Cn1c(=O)c2c(nc(Cl)n2CCCN2C(=O)c3ccccc3C2=O)n(C)c1=O. The molecule has 2 amide bonds. The molecule has 0 radical (unpaired) electrons. The molecule has 0 unspecified atom stereocenters. The Morgan fingerprint density at radius 1 is 0.929 bits per heavy atom. The van der Waals surface area contributed by atoms with Crippen molar-refractivity contribution in [2.24, 2.45) is 14.1 Å². The highest BCUT2D eigenvalue weighted by atomic mass is 35.5. The number of aromatic nitrogens is 4. The predicted octanol–water partition coefficient (Wildman–Crippen LogP) is 0.773. The number of carbonyl (C=O) groups excluding carboxylic acids is 2.